The molecular weight excluding hydrogens is 440 g/mol. The number of ether oxygens (including phenoxy) is 2. The van der Waals surface area contributed by atoms with Crippen LogP contribution >= 0.6 is 0 Å². The lowest BCUT2D eigenvalue weighted by atomic mass is 9.96. The molecule has 1 aliphatic heterocycles. The Bertz CT molecular complexity index is 1030. The zero-order chi connectivity index (χ0) is 23.3. The van der Waals surface area contributed by atoms with Crippen molar-refractivity contribution in [1.29, 1.82) is 0 Å². The smallest absolute Gasteiger partial charge is 0.255 e. The van der Waals surface area contributed by atoms with E-state index in [0.717, 1.165) is 45.1 Å². The summed E-state index contributed by atoms with van der Waals surface area (Å²) in [6, 6.07) is 13.3. The molecular formula is C25H32N2O5S. The van der Waals surface area contributed by atoms with E-state index in [-0.39, 0.29) is 22.9 Å². The number of anilines is 1. The highest BCUT2D eigenvalue weighted by molar-refractivity contribution is 7.89. The molecule has 8 heteroatoms. The van der Waals surface area contributed by atoms with E-state index in [0.29, 0.717) is 23.6 Å². The van der Waals surface area contributed by atoms with Crippen LogP contribution in [0.3, 0.4) is 0 Å². The largest absolute Gasteiger partial charge is 0.491 e. The van der Waals surface area contributed by atoms with Gasteiger partial charge in [-0.05, 0) is 74.2 Å². The minimum atomic E-state index is -3.55. The third-order valence-electron chi connectivity index (χ3n) is 6.45. The first kappa shape index (κ1) is 23.7. The Morgan fingerprint density at radius 1 is 1.00 bits per heavy atom. The zero-order valence-electron chi connectivity index (χ0n) is 19.0. The molecule has 1 amide bonds. The van der Waals surface area contributed by atoms with Crippen molar-refractivity contribution in [3.05, 3.63) is 54.1 Å². The number of benzene rings is 2. The summed E-state index contributed by atoms with van der Waals surface area (Å²) in [5, 5.41) is 2.82. The predicted molar refractivity (Wildman–Crippen MR) is 127 cm³/mol. The molecule has 1 saturated carbocycles. The Morgan fingerprint density at radius 2 is 1.70 bits per heavy atom. The van der Waals surface area contributed by atoms with E-state index in [1.165, 1.54) is 10.7 Å². The summed E-state index contributed by atoms with van der Waals surface area (Å²) in [6.07, 6.45) is 7.33. The van der Waals surface area contributed by atoms with Crippen molar-refractivity contribution in [2.24, 2.45) is 0 Å². The lowest BCUT2D eigenvalue weighted by molar-refractivity contribution is 0.0679. The van der Waals surface area contributed by atoms with Crippen molar-refractivity contribution in [3.63, 3.8) is 0 Å². The fourth-order valence-electron chi connectivity index (χ4n) is 4.39. The van der Waals surface area contributed by atoms with Gasteiger partial charge >= 0.3 is 0 Å². The van der Waals surface area contributed by atoms with Gasteiger partial charge in [0.2, 0.25) is 10.0 Å². The molecule has 1 aliphatic carbocycles. The number of carbonyl (C=O) groups excluding carboxylic acids is 1. The highest BCUT2D eigenvalue weighted by Crippen LogP contribution is 2.27. The summed E-state index contributed by atoms with van der Waals surface area (Å²) in [6.45, 7) is 1.30. The van der Waals surface area contributed by atoms with Crippen LogP contribution in [0.2, 0.25) is 0 Å². The van der Waals surface area contributed by atoms with E-state index in [9.17, 15) is 13.2 Å². The first-order chi connectivity index (χ1) is 15.9. The lowest BCUT2D eigenvalue weighted by Gasteiger charge is -2.30. The summed E-state index contributed by atoms with van der Waals surface area (Å²) < 4.78 is 38.7. The minimum Gasteiger partial charge on any atom is -0.491 e. The molecule has 0 bridgehead atoms. The molecule has 7 nitrogen and oxygen atoms in total. The fourth-order valence-corrected chi connectivity index (χ4v) is 5.80. The van der Waals surface area contributed by atoms with Gasteiger partial charge in [0.1, 0.15) is 12.4 Å². The maximum Gasteiger partial charge on any atom is 0.255 e. The molecule has 2 aromatic rings. The average molecular weight is 473 g/mol. The van der Waals surface area contributed by atoms with Crippen LogP contribution in [0.15, 0.2) is 53.4 Å². The van der Waals surface area contributed by atoms with Crippen molar-refractivity contribution < 1.29 is 22.7 Å². The van der Waals surface area contributed by atoms with Crippen molar-refractivity contribution in [2.45, 2.75) is 62.0 Å². The van der Waals surface area contributed by atoms with Gasteiger partial charge in [0.15, 0.2) is 0 Å². The molecule has 4 rings (SSSR count). The van der Waals surface area contributed by atoms with Gasteiger partial charge in [0.25, 0.3) is 5.91 Å². The zero-order valence-corrected chi connectivity index (χ0v) is 19.9. The van der Waals surface area contributed by atoms with Crippen molar-refractivity contribution in [3.8, 4) is 5.75 Å². The monoisotopic (exact) mass is 472 g/mol. The SMILES string of the molecule is CN(C1CCCCC1)S(=O)(=O)c1ccc(NC(=O)c2ccc(OCC3CCCO3)cc2)cc1. The highest BCUT2D eigenvalue weighted by Gasteiger charge is 2.29. The molecule has 33 heavy (non-hydrogen) atoms. The van der Waals surface area contributed by atoms with Gasteiger partial charge in [-0.15, -0.1) is 0 Å². The second-order valence-electron chi connectivity index (χ2n) is 8.76. The molecule has 1 unspecified atom stereocenters. The van der Waals surface area contributed by atoms with E-state index in [1.807, 2.05) is 0 Å². The van der Waals surface area contributed by atoms with E-state index < -0.39 is 10.0 Å². The number of carbonyl (C=O) groups is 1. The number of amides is 1. The van der Waals surface area contributed by atoms with E-state index >= 15 is 0 Å². The number of hydrogen-bond donors (Lipinski definition) is 1. The van der Waals surface area contributed by atoms with Crippen molar-refractivity contribution in [2.75, 3.05) is 25.6 Å². The molecule has 0 radical (unpaired) electrons. The Balaban J connectivity index is 1.33. The van der Waals surface area contributed by atoms with Gasteiger partial charge < -0.3 is 14.8 Å². The van der Waals surface area contributed by atoms with Crippen LogP contribution in [0.25, 0.3) is 0 Å². The quantitative estimate of drug-likeness (QED) is 0.614. The number of nitrogens with zero attached hydrogens (tertiary/aromatic N) is 1. The van der Waals surface area contributed by atoms with Gasteiger partial charge in [-0.2, -0.15) is 4.31 Å². The van der Waals surface area contributed by atoms with Gasteiger partial charge in [-0.25, -0.2) is 8.42 Å². The summed E-state index contributed by atoms with van der Waals surface area (Å²) >= 11 is 0. The number of sulfonamides is 1. The maximum absolute atomic E-state index is 13.0. The first-order valence-corrected chi connectivity index (χ1v) is 13.1. The summed E-state index contributed by atoms with van der Waals surface area (Å²) in [7, 11) is -1.89. The topological polar surface area (TPSA) is 84.9 Å². The minimum absolute atomic E-state index is 0.0563. The molecule has 1 N–H and O–H groups in total. The second kappa shape index (κ2) is 10.7. The molecule has 1 heterocycles. The standard InChI is InChI=1S/C25H32N2O5S/c1-27(21-6-3-2-4-7-21)33(29,30)24-15-11-20(12-16-24)26-25(28)19-9-13-22(14-10-19)32-18-23-8-5-17-31-23/h9-16,21,23H,2-8,17-18H2,1H3,(H,26,28). The molecule has 2 aliphatic rings. The van der Waals surface area contributed by atoms with E-state index in [4.69, 9.17) is 9.47 Å². The van der Waals surface area contributed by atoms with Crippen molar-refractivity contribution >= 4 is 21.6 Å². The highest BCUT2D eigenvalue weighted by atomic mass is 32.2. The summed E-state index contributed by atoms with van der Waals surface area (Å²) in [5.74, 6) is 0.425. The number of nitrogens with one attached hydrogen (secondary N) is 1. The summed E-state index contributed by atoms with van der Waals surface area (Å²) in [5.41, 5.74) is 1.03. The summed E-state index contributed by atoms with van der Waals surface area (Å²) in [4.78, 5) is 12.8. The van der Waals surface area contributed by atoms with Crippen LogP contribution < -0.4 is 10.1 Å². The molecule has 2 fully saturated rings. The Morgan fingerprint density at radius 3 is 2.33 bits per heavy atom. The maximum atomic E-state index is 13.0. The van der Waals surface area contributed by atoms with Crippen molar-refractivity contribution in [1.82, 2.24) is 4.31 Å². The normalized spacial score (nSPS) is 19.5. The number of hydrogen-bond acceptors (Lipinski definition) is 5. The average Bonchev–Trinajstić information content (AvgIpc) is 3.37. The van der Waals surface area contributed by atoms with Gasteiger partial charge in [-0.3, -0.25) is 4.79 Å². The third kappa shape index (κ3) is 5.93. The Kier molecular flexibility index (Phi) is 7.67. The molecule has 1 saturated heterocycles. The van der Waals surface area contributed by atoms with Crippen LogP contribution in [0.5, 0.6) is 5.75 Å². The third-order valence-corrected chi connectivity index (χ3v) is 8.38. The molecule has 0 aromatic heterocycles. The molecule has 178 valence electrons. The van der Waals surface area contributed by atoms with Crippen LogP contribution in [0.1, 0.15) is 55.3 Å². The van der Waals surface area contributed by atoms with Crippen LogP contribution in [0, 0.1) is 0 Å². The molecule has 0 spiro atoms. The lowest BCUT2D eigenvalue weighted by Crippen LogP contribution is -2.38. The van der Waals surface area contributed by atoms with Gasteiger partial charge in [-0.1, -0.05) is 19.3 Å². The van der Waals surface area contributed by atoms with E-state index in [1.54, 1.807) is 55.6 Å². The predicted octanol–water partition coefficient (Wildman–Crippen LogP) is 4.45. The fraction of sp³-hybridized carbons (Fsp3) is 0.480. The van der Waals surface area contributed by atoms with Crippen LogP contribution in [0.4, 0.5) is 5.69 Å². The van der Waals surface area contributed by atoms with Gasteiger partial charge in [0.05, 0.1) is 11.0 Å². The Labute approximate surface area is 196 Å². The first-order valence-electron chi connectivity index (χ1n) is 11.7. The van der Waals surface area contributed by atoms with Crippen LogP contribution in [-0.2, 0) is 14.8 Å². The molecule has 1 atom stereocenters. The van der Waals surface area contributed by atoms with Gasteiger partial charge in [0, 0.05) is 30.9 Å². The molecule has 2 aromatic carbocycles. The number of rotatable bonds is 8. The van der Waals surface area contributed by atoms with E-state index in [2.05, 4.69) is 5.32 Å². The second-order valence-corrected chi connectivity index (χ2v) is 10.8. The van der Waals surface area contributed by atoms with Crippen LogP contribution in [-0.4, -0.2) is 51.0 Å². The Hall–Kier alpha value is -2.42.